The number of aromatic nitrogens is 5. The third-order valence-electron chi connectivity index (χ3n) is 2.09. The summed E-state index contributed by atoms with van der Waals surface area (Å²) in [6, 6.07) is 0. The van der Waals surface area contributed by atoms with Gasteiger partial charge in [0.25, 0.3) is 0 Å². The van der Waals surface area contributed by atoms with Gasteiger partial charge in [-0.2, -0.15) is 0 Å². The zero-order valence-corrected chi connectivity index (χ0v) is 8.99. The fourth-order valence-electron chi connectivity index (χ4n) is 1.36. The molecular formula is C8H10N6O3. The monoisotopic (exact) mass is 238 g/mol. The lowest BCUT2D eigenvalue weighted by molar-refractivity contribution is 0.0689. The summed E-state index contributed by atoms with van der Waals surface area (Å²) in [5.74, 6) is -0.426. The van der Waals surface area contributed by atoms with Crippen LogP contribution in [0.25, 0.3) is 0 Å². The summed E-state index contributed by atoms with van der Waals surface area (Å²) < 4.78 is 6.49. The van der Waals surface area contributed by atoms with Crippen LogP contribution in [0.2, 0.25) is 0 Å². The Morgan fingerprint density at radius 2 is 2.24 bits per heavy atom. The molecule has 2 rings (SSSR count). The Kier molecular flexibility index (Phi) is 2.83. The molecule has 0 saturated heterocycles. The van der Waals surface area contributed by atoms with Gasteiger partial charge in [0.2, 0.25) is 11.8 Å². The van der Waals surface area contributed by atoms with E-state index < -0.39 is 5.97 Å². The standard InChI is InChI=1S/C8H10N6O3/c1-4-10-11-6(17-4)3-14-5(2-9)7(8(15)16)12-13-14/h2-3,9H2,1H3,(H,15,16). The fraction of sp³-hybridized carbons (Fsp3) is 0.375. The van der Waals surface area contributed by atoms with Gasteiger partial charge in [-0.25, -0.2) is 9.48 Å². The second-order valence-electron chi connectivity index (χ2n) is 3.27. The Labute approximate surface area is 95.2 Å². The number of carbonyl (C=O) groups is 1. The maximum absolute atomic E-state index is 10.8. The molecule has 0 aliphatic rings. The van der Waals surface area contributed by atoms with Crippen LogP contribution in [0, 0.1) is 6.92 Å². The van der Waals surface area contributed by atoms with Crippen LogP contribution in [0.3, 0.4) is 0 Å². The number of hydrogen-bond acceptors (Lipinski definition) is 7. The summed E-state index contributed by atoms with van der Waals surface area (Å²) in [4.78, 5) is 10.8. The van der Waals surface area contributed by atoms with Crippen molar-refractivity contribution in [3.8, 4) is 0 Å². The van der Waals surface area contributed by atoms with Crippen LogP contribution < -0.4 is 5.73 Å². The summed E-state index contributed by atoms with van der Waals surface area (Å²) in [6.45, 7) is 1.82. The highest BCUT2D eigenvalue weighted by Gasteiger charge is 2.18. The predicted octanol–water partition coefficient (Wildman–Crippen LogP) is -0.825. The van der Waals surface area contributed by atoms with Crippen molar-refractivity contribution in [1.29, 1.82) is 0 Å². The molecule has 0 atom stereocenters. The molecular weight excluding hydrogens is 228 g/mol. The average molecular weight is 238 g/mol. The molecule has 0 fully saturated rings. The van der Waals surface area contributed by atoms with Crippen LogP contribution in [0.15, 0.2) is 4.42 Å². The van der Waals surface area contributed by atoms with E-state index in [0.717, 1.165) is 0 Å². The molecule has 0 saturated carbocycles. The third kappa shape index (κ3) is 2.13. The maximum Gasteiger partial charge on any atom is 0.358 e. The molecule has 9 nitrogen and oxygen atoms in total. The van der Waals surface area contributed by atoms with Crippen molar-refractivity contribution >= 4 is 5.97 Å². The van der Waals surface area contributed by atoms with Crippen LogP contribution >= 0.6 is 0 Å². The fourth-order valence-corrected chi connectivity index (χ4v) is 1.36. The van der Waals surface area contributed by atoms with Gasteiger partial charge >= 0.3 is 5.97 Å². The van der Waals surface area contributed by atoms with Crippen LogP contribution in [0.4, 0.5) is 0 Å². The SMILES string of the molecule is Cc1nnc(Cn2nnc(C(=O)O)c2CN)o1. The molecule has 2 aromatic heterocycles. The molecule has 2 aromatic rings. The van der Waals surface area contributed by atoms with Crippen molar-refractivity contribution in [1.82, 2.24) is 25.2 Å². The normalized spacial score (nSPS) is 10.7. The van der Waals surface area contributed by atoms with Crippen LogP contribution in [0.5, 0.6) is 0 Å². The van der Waals surface area contributed by atoms with Gasteiger partial charge in [-0.15, -0.1) is 15.3 Å². The van der Waals surface area contributed by atoms with E-state index in [1.807, 2.05) is 0 Å². The second-order valence-corrected chi connectivity index (χ2v) is 3.27. The largest absolute Gasteiger partial charge is 0.476 e. The van der Waals surface area contributed by atoms with Gasteiger partial charge in [0.15, 0.2) is 5.69 Å². The molecule has 17 heavy (non-hydrogen) atoms. The Hall–Kier alpha value is -2.29. The highest BCUT2D eigenvalue weighted by molar-refractivity contribution is 5.86. The van der Waals surface area contributed by atoms with Gasteiger partial charge in [-0.05, 0) is 0 Å². The highest BCUT2D eigenvalue weighted by atomic mass is 16.4. The highest BCUT2D eigenvalue weighted by Crippen LogP contribution is 2.07. The molecule has 0 aromatic carbocycles. The third-order valence-corrected chi connectivity index (χ3v) is 2.09. The van der Waals surface area contributed by atoms with Crippen molar-refractivity contribution in [2.75, 3.05) is 0 Å². The number of nitrogens with two attached hydrogens (primary N) is 1. The first-order valence-electron chi connectivity index (χ1n) is 4.76. The first kappa shape index (κ1) is 11.2. The smallest absolute Gasteiger partial charge is 0.358 e. The van der Waals surface area contributed by atoms with Crippen molar-refractivity contribution in [2.45, 2.75) is 20.0 Å². The van der Waals surface area contributed by atoms with E-state index in [-0.39, 0.29) is 18.8 Å². The first-order chi connectivity index (χ1) is 8.11. The van der Waals surface area contributed by atoms with Crippen LogP contribution in [-0.2, 0) is 13.1 Å². The molecule has 0 spiro atoms. The van der Waals surface area contributed by atoms with E-state index in [1.165, 1.54) is 4.68 Å². The number of hydrogen-bond donors (Lipinski definition) is 2. The van der Waals surface area contributed by atoms with Gasteiger partial charge in [0.05, 0.1) is 5.69 Å². The molecule has 2 heterocycles. The Morgan fingerprint density at radius 1 is 1.47 bits per heavy atom. The van der Waals surface area contributed by atoms with E-state index in [9.17, 15) is 4.79 Å². The van der Waals surface area contributed by atoms with E-state index >= 15 is 0 Å². The van der Waals surface area contributed by atoms with E-state index in [0.29, 0.717) is 17.5 Å². The summed E-state index contributed by atoms with van der Waals surface area (Å²) in [5.41, 5.74) is 5.61. The second kappa shape index (κ2) is 4.29. The zero-order valence-electron chi connectivity index (χ0n) is 8.99. The predicted molar refractivity (Wildman–Crippen MR) is 53.0 cm³/mol. The quantitative estimate of drug-likeness (QED) is 0.705. The lowest BCUT2D eigenvalue weighted by Gasteiger charge is -2.00. The van der Waals surface area contributed by atoms with Crippen molar-refractivity contribution in [3.05, 3.63) is 23.2 Å². The summed E-state index contributed by atoms with van der Waals surface area (Å²) >= 11 is 0. The minimum Gasteiger partial charge on any atom is -0.476 e. The minimum absolute atomic E-state index is 0.0156. The maximum atomic E-state index is 10.8. The van der Waals surface area contributed by atoms with Crippen LogP contribution in [0.1, 0.15) is 28.0 Å². The van der Waals surface area contributed by atoms with Crippen molar-refractivity contribution in [2.24, 2.45) is 5.73 Å². The summed E-state index contributed by atoms with van der Waals surface area (Å²) in [6.07, 6.45) is 0. The molecule has 0 bridgehead atoms. The number of carboxylic acids is 1. The number of aryl methyl sites for hydroxylation is 1. The zero-order chi connectivity index (χ0) is 12.4. The lowest BCUT2D eigenvalue weighted by atomic mass is 10.3. The molecule has 0 radical (unpaired) electrons. The summed E-state index contributed by atoms with van der Waals surface area (Å²) in [5, 5.41) is 23.5. The van der Waals surface area contributed by atoms with Gasteiger partial charge in [-0.1, -0.05) is 5.21 Å². The number of rotatable bonds is 4. The van der Waals surface area contributed by atoms with Crippen molar-refractivity contribution in [3.63, 3.8) is 0 Å². The number of carboxylic acid groups (broad SMARTS) is 1. The van der Waals surface area contributed by atoms with Gasteiger partial charge in [-0.3, -0.25) is 0 Å². The lowest BCUT2D eigenvalue weighted by Crippen LogP contribution is -2.13. The molecule has 0 unspecified atom stereocenters. The molecule has 0 amide bonds. The molecule has 9 heteroatoms. The average Bonchev–Trinajstić information content (AvgIpc) is 2.85. The van der Waals surface area contributed by atoms with Gasteiger partial charge in [0, 0.05) is 13.5 Å². The summed E-state index contributed by atoms with van der Waals surface area (Å²) in [7, 11) is 0. The topological polar surface area (TPSA) is 133 Å². The molecule has 90 valence electrons. The van der Waals surface area contributed by atoms with Gasteiger partial charge in [0.1, 0.15) is 6.54 Å². The number of aromatic carboxylic acids is 1. The molecule has 0 aliphatic heterocycles. The Morgan fingerprint density at radius 3 is 2.76 bits per heavy atom. The number of nitrogens with zero attached hydrogens (tertiary/aromatic N) is 5. The minimum atomic E-state index is -1.17. The van der Waals surface area contributed by atoms with E-state index in [4.69, 9.17) is 15.3 Å². The van der Waals surface area contributed by atoms with Crippen molar-refractivity contribution < 1.29 is 14.3 Å². The Bertz CT molecular complexity index is 545. The van der Waals surface area contributed by atoms with Crippen LogP contribution in [-0.4, -0.2) is 36.3 Å². The van der Waals surface area contributed by atoms with Gasteiger partial charge < -0.3 is 15.3 Å². The Balaban J connectivity index is 2.30. The molecule has 3 N–H and O–H groups in total. The first-order valence-corrected chi connectivity index (χ1v) is 4.76. The molecule has 0 aliphatic carbocycles. The van der Waals surface area contributed by atoms with E-state index in [2.05, 4.69) is 20.5 Å². The van der Waals surface area contributed by atoms with E-state index in [1.54, 1.807) is 6.92 Å².